The maximum Gasteiger partial charge on any atom is 0.330 e. The molecule has 0 spiro atoms. The van der Waals surface area contributed by atoms with Crippen molar-refractivity contribution < 1.29 is 23.8 Å². The van der Waals surface area contributed by atoms with Gasteiger partial charge in [-0.15, -0.1) is 0 Å². The van der Waals surface area contributed by atoms with Crippen LogP contribution < -0.4 is 0 Å². The summed E-state index contributed by atoms with van der Waals surface area (Å²) >= 11 is 0. The van der Waals surface area contributed by atoms with E-state index in [1.165, 1.54) is 0 Å². The molecule has 1 aliphatic carbocycles. The van der Waals surface area contributed by atoms with Crippen LogP contribution in [0.3, 0.4) is 0 Å². The van der Waals surface area contributed by atoms with E-state index in [1.54, 1.807) is 0 Å². The van der Waals surface area contributed by atoms with Gasteiger partial charge < -0.3 is 19.3 Å². The molecule has 4 atom stereocenters. The van der Waals surface area contributed by atoms with Crippen LogP contribution in [0.1, 0.15) is 33.6 Å². The highest BCUT2D eigenvalue weighted by molar-refractivity contribution is 7.53. The van der Waals surface area contributed by atoms with Gasteiger partial charge in [-0.3, -0.25) is 4.57 Å². The van der Waals surface area contributed by atoms with Gasteiger partial charge in [0.1, 0.15) is 0 Å². The van der Waals surface area contributed by atoms with Crippen molar-refractivity contribution in [2.75, 3.05) is 32.6 Å². The van der Waals surface area contributed by atoms with Crippen molar-refractivity contribution >= 4 is 7.60 Å². The van der Waals surface area contributed by atoms with Crippen molar-refractivity contribution in [2.24, 2.45) is 23.7 Å². The van der Waals surface area contributed by atoms with Crippen molar-refractivity contribution in [1.82, 2.24) is 0 Å². The lowest BCUT2D eigenvalue weighted by molar-refractivity contribution is 0.0311. The average molecular weight is 308 g/mol. The Balaban J connectivity index is 2.69. The molecule has 6 heteroatoms. The third-order valence-corrected chi connectivity index (χ3v) is 6.52. The van der Waals surface area contributed by atoms with Gasteiger partial charge in [0, 0.05) is 13.2 Å². The Bertz CT molecular complexity index is 313. The fourth-order valence-corrected chi connectivity index (χ4v) is 5.41. The monoisotopic (exact) mass is 308 g/mol. The molecular formula is C14H29O5P. The van der Waals surface area contributed by atoms with E-state index in [4.69, 9.17) is 9.05 Å². The second kappa shape index (κ2) is 8.50. The number of aliphatic hydroxyl groups is 2. The molecule has 5 nitrogen and oxygen atoms in total. The summed E-state index contributed by atoms with van der Waals surface area (Å²) in [7, 11) is -3.02. The highest BCUT2D eigenvalue weighted by Crippen LogP contribution is 2.53. The summed E-state index contributed by atoms with van der Waals surface area (Å²) in [5.74, 6) is 0.738. The topological polar surface area (TPSA) is 76.0 Å². The smallest absolute Gasteiger partial charge is 0.330 e. The molecule has 0 aliphatic heterocycles. The van der Waals surface area contributed by atoms with E-state index in [0.29, 0.717) is 25.3 Å². The van der Waals surface area contributed by atoms with Crippen LogP contribution in [0.2, 0.25) is 0 Å². The van der Waals surface area contributed by atoms with E-state index in [-0.39, 0.29) is 31.0 Å². The summed E-state index contributed by atoms with van der Waals surface area (Å²) in [6.07, 6.45) is 2.08. The van der Waals surface area contributed by atoms with Gasteiger partial charge in [0.15, 0.2) is 0 Å². The maximum atomic E-state index is 12.6. The minimum Gasteiger partial charge on any atom is -0.396 e. The second-order valence-corrected chi connectivity index (χ2v) is 7.84. The largest absolute Gasteiger partial charge is 0.396 e. The summed E-state index contributed by atoms with van der Waals surface area (Å²) in [5, 5.41) is 18.9. The molecule has 1 saturated carbocycles. The van der Waals surface area contributed by atoms with Crippen LogP contribution in [0, 0.1) is 23.7 Å². The molecule has 0 aromatic heterocycles. The number of aliphatic hydroxyl groups excluding tert-OH is 2. The molecule has 4 unspecified atom stereocenters. The van der Waals surface area contributed by atoms with Crippen LogP contribution in [0.15, 0.2) is 0 Å². The SMILES string of the molecule is CCOP(=O)(CC1CC(C)C(CO)C(CO)C1)OCC. The maximum absolute atomic E-state index is 12.6. The molecule has 2 N–H and O–H groups in total. The molecule has 0 aromatic rings. The predicted molar refractivity (Wildman–Crippen MR) is 78.8 cm³/mol. The van der Waals surface area contributed by atoms with Crippen molar-refractivity contribution in [2.45, 2.75) is 33.6 Å². The van der Waals surface area contributed by atoms with Crippen LogP contribution in [0.5, 0.6) is 0 Å². The van der Waals surface area contributed by atoms with Gasteiger partial charge in [0.25, 0.3) is 0 Å². The van der Waals surface area contributed by atoms with Crippen molar-refractivity contribution in [3.63, 3.8) is 0 Å². The lowest BCUT2D eigenvalue weighted by Gasteiger charge is -2.39. The Morgan fingerprint density at radius 3 is 2.15 bits per heavy atom. The van der Waals surface area contributed by atoms with Gasteiger partial charge >= 0.3 is 7.60 Å². The molecule has 0 bridgehead atoms. The molecule has 1 fully saturated rings. The fourth-order valence-electron chi connectivity index (χ4n) is 3.40. The summed E-state index contributed by atoms with van der Waals surface area (Å²) in [4.78, 5) is 0. The van der Waals surface area contributed by atoms with Crippen LogP contribution >= 0.6 is 7.60 Å². The molecule has 0 heterocycles. The summed E-state index contributed by atoms with van der Waals surface area (Å²) in [6, 6.07) is 0. The Morgan fingerprint density at radius 1 is 1.10 bits per heavy atom. The molecule has 1 rings (SSSR count). The number of hydrogen-bond donors (Lipinski definition) is 2. The van der Waals surface area contributed by atoms with Crippen molar-refractivity contribution in [1.29, 1.82) is 0 Å². The van der Waals surface area contributed by atoms with E-state index >= 15 is 0 Å². The lowest BCUT2D eigenvalue weighted by Crippen LogP contribution is -2.36. The van der Waals surface area contributed by atoms with Crippen LogP contribution in [0.4, 0.5) is 0 Å². The molecule has 0 saturated heterocycles. The minimum absolute atomic E-state index is 0.0691. The fraction of sp³-hybridized carbons (Fsp3) is 1.00. The molecular weight excluding hydrogens is 279 g/mol. The predicted octanol–water partition coefficient (Wildman–Crippen LogP) is 2.52. The lowest BCUT2D eigenvalue weighted by atomic mass is 9.69. The highest BCUT2D eigenvalue weighted by atomic mass is 31.2. The normalized spacial score (nSPS) is 31.4. The third-order valence-electron chi connectivity index (χ3n) is 4.26. The van der Waals surface area contributed by atoms with E-state index in [9.17, 15) is 14.8 Å². The first-order valence-electron chi connectivity index (χ1n) is 7.59. The quantitative estimate of drug-likeness (QED) is 0.674. The van der Waals surface area contributed by atoms with Gasteiger partial charge in [-0.2, -0.15) is 0 Å². The standard InChI is InChI=1S/C14H29O5P/c1-4-18-20(17,19-5-2)10-12-6-11(3)14(9-16)13(7-12)8-15/h11-16H,4-10H2,1-3H3. The summed E-state index contributed by atoms with van der Waals surface area (Å²) in [5.41, 5.74) is 0. The van der Waals surface area contributed by atoms with Crippen LogP contribution in [-0.2, 0) is 13.6 Å². The first-order chi connectivity index (χ1) is 9.49. The highest BCUT2D eigenvalue weighted by Gasteiger charge is 2.38. The van der Waals surface area contributed by atoms with Crippen molar-refractivity contribution in [3.8, 4) is 0 Å². The van der Waals surface area contributed by atoms with Crippen LogP contribution in [0.25, 0.3) is 0 Å². The van der Waals surface area contributed by atoms with Gasteiger partial charge in [0.2, 0.25) is 0 Å². The van der Waals surface area contributed by atoms with E-state index < -0.39 is 7.60 Å². The molecule has 0 aromatic carbocycles. The number of hydrogen-bond acceptors (Lipinski definition) is 5. The zero-order chi connectivity index (χ0) is 15.2. The minimum atomic E-state index is -3.02. The van der Waals surface area contributed by atoms with Gasteiger partial charge in [-0.25, -0.2) is 0 Å². The van der Waals surface area contributed by atoms with Gasteiger partial charge in [-0.05, 0) is 50.4 Å². The zero-order valence-electron chi connectivity index (χ0n) is 12.8. The van der Waals surface area contributed by atoms with E-state index in [1.807, 2.05) is 13.8 Å². The molecule has 0 amide bonds. The Labute approximate surface area is 122 Å². The van der Waals surface area contributed by atoms with Crippen molar-refractivity contribution in [3.05, 3.63) is 0 Å². The average Bonchev–Trinajstić information content (AvgIpc) is 2.38. The van der Waals surface area contributed by atoms with Crippen LogP contribution in [-0.4, -0.2) is 42.8 Å². The first-order valence-corrected chi connectivity index (χ1v) is 9.32. The summed E-state index contributed by atoms with van der Waals surface area (Å²) < 4.78 is 23.3. The molecule has 0 radical (unpaired) electrons. The Morgan fingerprint density at radius 2 is 1.70 bits per heavy atom. The second-order valence-electron chi connectivity index (χ2n) is 5.73. The summed E-state index contributed by atoms with van der Waals surface area (Å²) in [6.45, 7) is 6.64. The Hall–Kier alpha value is 0.0700. The molecule has 120 valence electrons. The zero-order valence-corrected chi connectivity index (χ0v) is 13.7. The van der Waals surface area contributed by atoms with Gasteiger partial charge in [0.05, 0.1) is 19.4 Å². The Kier molecular flexibility index (Phi) is 7.70. The van der Waals surface area contributed by atoms with E-state index in [2.05, 4.69) is 6.92 Å². The van der Waals surface area contributed by atoms with E-state index in [0.717, 1.165) is 12.8 Å². The first kappa shape index (κ1) is 18.1. The molecule has 1 aliphatic rings. The molecule has 20 heavy (non-hydrogen) atoms. The third kappa shape index (κ3) is 4.81. The van der Waals surface area contributed by atoms with Gasteiger partial charge in [-0.1, -0.05) is 6.92 Å². The number of rotatable bonds is 8.